The quantitative estimate of drug-likeness (QED) is 0.548. The Bertz CT molecular complexity index is 409. The number of hydrogen-bond acceptors (Lipinski definition) is 3. The van der Waals surface area contributed by atoms with Crippen LogP contribution in [0.2, 0.25) is 0 Å². The predicted molar refractivity (Wildman–Crippen MR) is 101 cm³/mol. The van der Waals surface area contributed by atoms with Crippen molar-refractivity contribution in [3.63, 3.8) is 0 Å². The molecule has 2 saturated carbocycles. The van der Waals surface area contributed by atoms with E-state index in [9.17, 15) is 9.59 Å². The fourth-order valence-electron chi connectivity index (χ4n) is 4.11. The molecule has 0 bridgehead atoms. The molecule has 0 spiro atoms. The number of carbonyl (C=O) groups is 2. The van der Waals surface area contributed by atoms with Crippen LogP contribution in [-0.4, -0.2) is 49.9 Å². The summed E-state index contributed by atoms with van der Waals surface area (Å²) in [6, 6.07) is 0.382. The summed E-state index contributed by atoms with van der Waals surface area (Å²) < 4.78 is 0. The topological polar surface area (TPSA) is 61.4 Å². The molecule has 0 saturated heterocycles. The zero-order valence-electron chi connectivity index (χ0n) is 16.2. The summed E-state index contributed by atoms with van der Waals surface area (Å²) in [5.74, 6) is 0.625. The molecule has 0 aromatic heterocycles. The highest BCUT2D eigenvalue weighted by molar-refractivity contribution is 5.81. The van der Waals surface area contributed by atoms with Crippen molar-refractivity contribution in [1.29, 1.82) is 0 Å². The van der Waals surface area contributed by atoms with E-state index < -0.39 is 0 Å². The Balaban J connectivity index is 1.64. The van der Waals surface area contributed by atoms with Gasteiger partial charge in [-0.05, 0) is 65.6 Å². The van der Waals surface area contributed by atoms with Crippen LogP contribution in [-0.2, 0) is 9.59 Å². The van der Waals surface area contributed by atoms with Crippen LogP contribution in [0.25, 0.3) is 0 Å². The molecule has 2 amide bonds. The van der Waals surface area contributed by atoms with Gasteiger partial charge in [-0.15, -0.1) is 0 Å². The Morgan fingerprint density at radius 1 is 0.840 bits per heavy atom. The zero-order chi connectivity index (χ0) is 18.1. The molecule has 0 atom stereocenters. The number of hydrogen-bond donors (Lipinski definition) is 2. The first-order chi connectivity index (χ1) is 12.1. The van der Waals surface area contributed by atoms with E-state index in [1.807, 2.05) is 14.1 Å². The van der Waals surface area contributed by atoms with E-state index in [-0.39, 0.29) is 23.7 Å². The Morgan fingerprint density at radius 3 is 1.96 bits per heavy atom. The van der Waals surface area contributed by atoms with Gasteiger partial charge in [0, 0.05) is 24.4 Å². The average molecular weight is 352 g/mol. The monoisotopic (exact) mass is 351 g/mol. The van der Waals surface area contributed by atoms with Gasteiger partial charge in [0.1, 0.15) is 0 Å². The molecule has 0 unspecified atom stereocenters. The first-order valence-corrected chi connectivity index (χ1v) is 10.3. The van der Waals surface area contributed by atoms with Gasteiger partial charge in [0.15, 0.2) is 0 Å². The van der Waals surface area contributed by atoms with Crippen molar-refractivity contribution in [2.24, 2.45) is 11.8 Å². The van der Waals surface area contributed by atoms with Gasteiger partial charge in [0.05, 0.1) is 0 Å². The Kier molecular flexibility index (Phi) is 8.73. The van der Waals surface area contributed by atoms with E-state index in [0.29, 0.717) is 6.04 Å². The van der Waals surface area contributed by atoms with Gasteiger partial charge in [0.2, 0.25) is 11.8 Å². The van der Waals surface area contributed by atoms with Crippen molar-refractivity contribution in [1.82, 2.24) is 15.5 Å². The van der Waals surface area contributed by atoms with Gasteiger partial charge in [-0.2, -0.15) is 0 Å². The van der Waals surface area contributed by atoms with Crippen molar-refractivity contribution in [3.05, 3.63) is 0 Å². The summed E-state index contributed by atoms with van der Waals surface area (Å²) in [6.45, 7) is 1.74. The molecule has 0 aromatic carbocycles. The molecular weight excluding hydrogens is 314 g/mol. The lowest BCUT2D eigenvalue weighted by Crippen LogP contribution is -2.41. The van der Waals surface area contributed by atoms with Crippen LogP contribution < -0.4 is 10.6 Å². The van der Waals surface area contributed by atoms with E-state index in [0.717, 1.165) is 58.0 Å². The van der Waals surface area contributed by atoms with Crippen molar-refractivity contribution < 1.29 is 9.59 Å². The van der Waals surface area contributed by atoms with Crippen LogP contribution in [0, 0.1) is 11.8 Å². The van der Waals surface area contributed by atoms with Crippen LogP contribution in [0.3, 0.4) is 0 Å². The third kappa shape index (κ3) is 7.35. The Labute approximate surface area is 153 Å². The molecule has 25 heavy (non-hydrogen) atoms. The van der Waals surface area contributed by atoms with Crippen molar-refractivity contribution in [3.8, 4) is 0 Å². The van der Waals surface area contributed by atoms with Crippen LogP contribution in [0.5, 0.6) is 0 Å². The number of carbonyl (C=O) groups excluding carboxylic acids is 2. The highest BCUT2D eigenvalue weighted by atomic mass is 16.2. The molecule has 0 aromatic rings. The lowest BCUT2D eigenvalue weighted by molar-refractivity contribution is -0.131. The molecule has 0 heterocycles. The van der Waals surface area contributed by atoms with Gasteiger partial charge in [0.25, 0.3) is 0 Å². The molecule has 2 aliphatic rings. The first kappa shape index (κ1) is 20.2. The molecule has 2 fully saturated rings. The highest BCUT2D eigenvalue weighted by Gasteiger charge is 2.30. The summed E-state index contributed by atoms with van der Waals surface area (Å²) >= 11 is 0. The van der Waals surface area contributed by atoms with Gasteiger partial charge in [-0.25, -0.2) is 0 Å². The van der Waals surface area contributed by atoms with Crippen LogP contribution in [0.1, 0.15) is 70.6 Å². The van der Waals surface area contributed by atoms with Crippen LogP contribution >= 0.6 is 0 Å². The third-order valence-electron chi connectivity index (χ3n) is 5.75. The van der Waals surface area contributed by atoms with E-state index in [1.54, 1.807) is 0 Å². The minimum atomic E-state index is 0.0984. The lowest BCUT2D eigenvalue weighted by Gasteiger charge is -2.28. The minimum absolute atomic E-state index is 0.0984. The van der Waals surface area contributed by atoms with Crippen LogP contribution in [0.4, 0.5) is 0 Å². The average Bonchev–Trinajstić information content (AvgIpc) is 2.87. The number of rotatable bonds is 7. The van der Waals surface area contributed by atoms with E-state index in [1.165, 1.54) is 25.7 Å². The summed E-state index contributed by atoms with van der Waals surface area (Å²) in [4.78, 5) is 26.9. The lowest BCUT2D eigenvalue weighted by atomic mass is 9.81. The van der Waals surface area contributed by atoms with Crippen LogP contribution in [0.15, 0.2) is 0 Å². The molecular formula is C20H37N3O2. The van der Waals surface area contributed by atoms with E-state index in [2.05, 4.69) is 15.5 Å². The fourth-order valence-corrected chi connectivity index (χ4v) is 4.11. The normalized spacial score (nSPS) is 25.4. The maximum atomic E-state index is 12.5. The Morgan fingerprint density at radius 2 is 1.40 bits per heavy atom. The molecule has 5 nitrogen and oxygen atoms in total. The molecule has 0 aliphatic heterocycles. The van der Waals surface area contributed by atoms with Gasteiger partial charge in [-0.3, -0.25) is 9.59 Å². The largest absolute Gasteiger partial charge is 0.356 e. The maximum absolute atomic E-state index is 12.5. The van der Waals surface area contributed by atoms with E-state index in [4.69, 9.17) is 0 Å². The SMILES string of the molecule is CN(C)CCCNC(=O)C1CCC(C(=O)NC2CCCCCC2)CC1. The molecule has 144 valence electrons. The summed E-state index contributed by atoms with van der Waals surface area (Å²) in [5, 5.41) is 6.34. The summed E-state index contributed by atoms with van der Waals surface area (Å²) in [5.41, 5.74) is 0. The molecule has 2 rings (SSSR count). The second-order valence-corrected chi connectivity index (χ2v) is 8.19. The number of amides is 2. The maximum Gasteiger partial charge on any atom is 0.223 e. The van der Waals surface area contributed by atoms with Crippen molar-refractivity contribution >= 4 is 11.8 Å². The predicted octanol–water partition coefficient (Wildman–Crippen LogP) is 2.70. The molecule has 0 radical (unpaired) electrons. The highest BCUT2D eigenvalue weighted by Crippen LogP contribution is 2.29. The number of nitrogens with one attached hydrogen (secondary N) is 2. The third-order valence-corrected chi connectivity index (χ3v) is 5.75. The second-order valence-electron chi connectivity index (χ2n) is 8.19. The fraction of sp³-hybridized carbons (Fsp3) is 0.900. The van der Waals surface area contributed by atoms with E-state index >= 15 is 0 Å². The standard InChI is InChI=1S/C20H37N3O2/c1-23(2)15-7-14-21-19(24)16-10-12-17(13-11-16)20(25)22-18-8-5-3-4-6-9-18/h16-18H,3-15H2,1-2H3,(H,21,24)(H,22,25). The van der Waals surface area contributed by atoms with Crippen molar-refractivity contribution in [2.45, 2.75) is 76.7 Å². The van der Waals surface area contributed by atoms with Gasteiger partial charge in [-0.1, -0.05) is 25.7 Å². The minimum Gasteiger partial charge on any atom is -0.356 e. The smallest absolute Gasteiger partial charge is 0.223 e. The Hall–Kier alpha value is -1.10. The number of nitrogens with zero attached hydrogens (tertiary/aromatic N) is 1. The van der Waals surface area contributed by atoms with Gasteiger partial charge < -0.3 is 15.5 Å². The van der Waals surface area contributed by atoms with Gasteiger partial charge >= 0.3 is 0 Å². The first-order valence-electron chi connectivity index (χ1n) is 10.3. The van der Waals surface area contributed by atoms with Crippen molar-refractivity contribution in [2.75, 3.05) is 27.2 Å². The summed E-state index contributed by atoms with van der Waals surface area (Å²) in [7, 11) is 4.09. The second kappa shape index (κ2) is 10.8. The molecule has 5 heteroatoms. The summed E-state index contributed by atoms with van der Waals surface area (Å²) in [6.07, 6.45) is 11.8. The molecule has 2 aliphatic carbocycles. The molecule has 2 N–H and O–H groups in total. The zero-order valence-corrected chi connectivity index (χ0v) is 16.2.